The van der Waals surface area contributed by atoms with Crippen molar-refractivity contribution in [3.63, 3.8) is 0 Å². The van der Waals surface area contributed by atoms with Gasteiger partial charge in [-0.1, -0.05) is 108 Å². The first-order valence-electron chi connectivity index (χ1n) is 14.1. The molecule has 0 fully saturated rings. The first-order valence-corrected chi connectivity index (χ1v) is 14.1. The van der Waals surface area contributed by atoms with E-state index in [2.05, 4.69) is 131 Å². The standard InChI is InChI=1S/C37H35N/c1-6-22(2)34(26-14-18-32-30(20-26)31-21-27(37(3,4)5)15-19-33(31)38-32)28-16-13-25-11-10-23-8-7-9-24-12-17-29(28)36(25)35(23)24/h7-22,34,38H,6H2,1-5H3. The Morgan fingerprint density at radius 3 is 2.00 bits per heavy atom. The van der Waals surface area contributed by atoms with Crippen LogP contribution in [0.4, 0.5) is 0 Å². The normalized spacial score (nSPS) is 14.3. The van der Waals surface area contributed by atoms with Crippen molar-refractivity contribution in [3.8, 4) is 0 Å². The number of hydrogen-bond donors (Lipinski definition) is 1. The van der Waals surface area contributed by atoms with E-state index in [1.165, 1.54) is 70.8 Å². The van der Waals surface area contributed by atoms with Crippen molar-refractivity contribution in [2.45, 2.75) is 52.4 Å². The molecule has 6 aromatic carbocycles. The van der Waals surface area contributed by atoms with Crippen molar-refractivity contribution in [2.24, 2.45) is 5.92 Å². The van der Waals surface area contributed by atoms with Crippen LogP contribution in [-0.4, -0.2) is 4.98 Å². The zero-order valence-corrected chi connectivity index (χ0v) is 23.0. The Balaban J connectivity index is 1.48. The van der Waals surface area contributed by atoms with Crippen LogP contribution in [0.2, 0.25) is 0 Å². The number of aromatic amines is 1. The van der Waals surface area contributed by atoms with Crippen LogP contribution in [0.15, 0.2) is 91.0 Å². The van der Waals surface area contributed by atoms with E-state index >= 15 is 0 Å². The van der Waals surface area contributed by atoms with E-state index in [0.29, 0.717) is 11.8 Å². The first kappa shape index (κ1) is 23.3. The van der Waals surface area contributed by atoms with Crippen LogP contribution in [0.1, 0.15) is 63.6 Å². The van der Waals surface area contributed by atoms with Crippen molar-refractivity contribution in [1.82, 2.24) is 4.98 Å². The molecule has 7 rings (SSSR count). The van der Waals surface area contributed by atoms with Crippen LogP contribution in [0.5, 0.6) is 0 Å². The van der Waals surface area contributed by atoms with Gasteiger partial charge in [-0.15, -0.1) is 0 Å². The van der Waals surface area contributed by atoms with Gasteiger partial charge >= 0.3 is 0 Å². The molecule has 0 bridgehead atoms. The highest BCUT2D eigenvalue weighted by atomic mass is 14.7. The monoisotopic (exact) mass is 493 g/mol. The molecule has 0 radical (unpaired) electrons. The van der Waals surface area contributed by atoms with Crippen molar-refractivity contribution >= 4 is 54.1 Å². The minimum Gasteiger partial charge on any atom is -0.355 e. The summed E-state index contributed by atoms with van der Waals surface area (Å²) in [5.41, 5.74) is 6.78. The second-order valence-corrected chi connectivity index (χ2v) is 12.3. The summed E-state index contributed by atoms with van der Waals surface area (Å²) in [6.07, 6.45) is 1.13. The third-order valence-corrected chi connectivity index (χ3v) is 8.96. The Kier molecular flexibility index (Phi) is 5.11. The minimum atomic E-state index is 0.121. The predicted molar refractivity (Wildman–Crippen MR) is 166 cm³/mol. The lowest BCUT2D eigenvalue weighted by molar-refractivity contribution is 0.499. The van der Waals surface area contributed by atoms with Crippen LogP contribution in [0.25, 0.3) is 54.1 Å². The summed E-state index contributed by atoms with van der Waals surface area (Å²) in [5, 5.41) is 10.8. The van der Waals surface area contributed by atoms with Crippen LogP contribution in [-0.2, 0) is 5.41 Å². The number of rotatable bonds is 4. The van der Waals surface area contributed by atoms with Gasteiger partial charge in [-0.05, 0) is 84.6 Å². The topological polar surface area (TPSA) is 15.8 Å². The molecule has 1 aromatic heterocycles. The van der Waals surface area contributed by atoms with Crippen LogP contribution in [0, 0.1) is 5.92 Å². The zero-order valence-electron chi connectivity index (χ0n) is 23.0. The number of benzene rings is 6. The van der Waals surface area contributed by atoms with E-state index in [1.807, 2.05) is 0 Å². The van der Waals surface area contributed by atoms with Crippen molar-refractivity contribution in [3.05, 3.63) is 108 Å². The highest BCUT2D eigenvalue weighted by molar-refractivity contribution is 6.23. The fraction of sp³-hybridized carbons (Fsp3) is 0.243. The summed E-state index contributed by atoms with van der Waals surface area (Å²) < 4.78 is 0. The molecular weight excluding hydrogens is 458 g/mol. The van der Waals surface area contributed by atoms with Crippen molar-refractivity contribution < 1.29 is 0 Å². The molecule has 2 unspecified atom stereocenters. The molecule has 0 saturated carbocycles. The maximum Gasteiger partial charge on any atom is 0.0465 e. The fourth-order valence-electron chi connectivity index (χ4n) is 6.65. The molecule has 1 heteroatoms. The molecule has 0 amide bonds. The second-order valence-electron chi connectivity index (χ2n) is 12.3. The van der Waals surface area contributed by atoms with Gasteiger partial charge in [0, 0.05) is 27.7 Å². The largest absolute Gasteiger partial charge is 0.355 e. The maximum absolute atomic E-state index is 3.67. The van der Waals surface area contributed by atoms with E-state index in [-0.39, 0.29) is 5.41 Å². The maximum atomic E-state index is 3.67. The number of fused-ring (bicyclic) bond motifs is 3. The average molecular weight is 494 g/mol. The molecule has 2 atom stereocenters. The minimum absolute atomic E-state index is 0.121. The Labute approximate surface area is 224 Å². The van der Waals surface area contributed by atoms with Gasteiger partial charge in [0.2, 0.25) is 0 Å². The molecule has 0 aliphatic rings. The highest BCUT2D eigenvalue weighted by Gasteiger charge is 2.24. The quantitative estimate of drug-likeness (QED) is 0.235. The third-order valence-electron chi connectivity index (χ3n) is 8.96. The summed E-state index contributed by atoms with van der Waals surface area (Å²) in [6, 6.07) is 34.7. The predicted octanol–water partition coefficient (Wildman–Crippen LogP) is 10.7. The van der Waals surface area contributed by atoms with Gasteiger partial charge in [0.1, 0.15) is 0 Å². The SMILES string of the molecule is CCC(C)C(c1ccc2[nH]c3ccc(C(C)(C)C)cc3c2c1)c1ccc2ccc3cccc4ccc1c2c34. The highest BCUT2D eigenvalue weighted by Crippen LogP contribution is 2.43. The Hall–Kier alpha value is -3.84. The summed E-state index contributed by atoms with van der Waals surface area (Å²) in [7, 11) is 0. The second kappa shape index (κ2) is 8.33. The molecule has 1 N–H and O–H groups in total. The molecule has 188 valence electrons. The lowest BCUT2D eigenvalue weighted by Crippen LogP contribution is -2.11. The molecular formula is C37H35N. The van der Waals surface area contributed by atoms with Gasteiger partial charge < -0.3 is 4.98 Å². The lowest BCUT2D eigenvalue weighted by Gasteiger charge is -2.27. The Bertz CT molecular complexity index is 1950. The molecule has 0 saturated heterocycles. The summed E-state index contributed by atoms with van der Waals surface area (Å²) >= 11 is 0. The Morgan fingerprint density at radius 1 is 0.658 bits per heavy atom. The van der Waals surface area contributed by atoms with E-state index in [0.717, 1.165) is 6.42 Å². The van der Waals surface area contributed by atoms with E-state index in [9.17, 15) is 0 Å². The molecule has 38 heavy (non-hydrogen) atoms. The van der Waals surface area contributed by atoms with E-state index in [1.54, 1.807) is 0 Å². The van der Waals surface area contributed by atoms with Gasteiger partial charge in [-0.3, -0.25) is 0 Å². The van der Waals surface area contributed by atoms with Gasteiger partial charge in [-0.2, -0.15) is 0 Å². The molecule has 0 aliphatic heterocycles. The van der Waals surface area contributed by atoms with E-state index < -0.39 is 0 Å². The molecule has 1 nitrogen and oxygen atoms in total. The van der Waals surface area contributed by atoms with Crippen molar-refractivity contribution in [1.29, 1.82) is 0 Å². The summed E-state index contributed by atoms with van der Waals surface area (Å²) in [6.45, 7) is 11.6. The number of aromatic nitrogens is 1. The first-order chi connectivity index (χ1) is 18.3. The van der Waals surface area contributed by atoms with Gasteiger partial charge in [0.05, 0.1) is 0 Å². The zero-order chi connectivity index (χ0) is 26.2. The van der Waals surface area contributed by atoms with E-state index in [4.69, 9.17) is 0 Å². The van der Waals surface area contributed by atoms with Gasteiger partial charge in [0.15, 0.2) is 0 Å². The number of H-pyrrole nitrogens is 1. The van der Waals surface area contributed by atoms with Crippen molar-refractivity contribution in [2.75, 3.05) is 0 Å². The van der Waals surface area contributed by atoms with Crippen LogP contribution < -0.4 is 0 Å². The van der Waals surface area contributed by atoms with Crippen LogP contribution >= 0.6 is 0 Å². The lowest BCUT2D eigenvalue weighted by atomic mass is 9.77. The third kappa shape index (κ3) is 3.45. The number of hydrogen-bond acceptors (Lipinski definition) is 0. The smallest absolute Gasteiger partial charge is 0.0465 e. The molecule has 0 spiro atoms. The van der Waals surface area contributed by atoms with Crippen LogP contribution in [0.3, 0.4) is 0 Å². The summed E-state index contributed by atoms with van der Waals surface area (Å²) in [4.78, 5) is 3.67. The molecule has 0 aliphatic carbocycles. The molecule has 1 heterocycles. The fourth-order valence-corrected chi connectivity index (χ4v) is 6.65. The number of nitrogens with one attached hydrogen (secondary N) is 1. The van der Waals surface area contributed by atoms with Gasteiger partial charge in [-0.25, -0.2) is 0 Å². The van der Waals surface area contributed by atoms with Gasteiger partial charge in [0.25, 0.3) is 0 Å². The molecule has 7 aromatic rings. The average Bonchev–Trinajstić information content (AvgIpc) is 3.29. The Morgan fingerprint density at radius 2 is 1.29 bits per heavy atom. The summed E-state index contributed by atoms with van der Waals surface area (Å²) in [5.74, 6) is 0.839.